The molecule has 0 heterocycles. The van der Waals surface area contributed by atoms with Gasteiger partial charge in [-0.25, -0.2) is 0 Å². The fourth-order valence-electron chi connectivity index (χ4n) is 1.34. The molecule has 14 heavy (non-hydrogen) atoms. The van der Waals surface area contributed by atoms with Gasteiger partial charge < -0.3 is 4.90 Å². The molecule has 0 atom stereocenters. The average Bonchev–Trinajstić information content (AvgIpc) is 2.18. The SMILES string of the molecule is Cc1ccccc1N(C)C(=O)CCS. The molecular weight excluding hydrogens is 194 g/mol. The van der Waals surface area contributed by atoms with Gasteiger partial charge in [-0.05, 0) is 24.3 Å². The maximum atomic E-state index is 11.6. The molecule has 2 nitrogen and oxygen atoms in total. The van der Waals surface area contributed by atoms with Crippen LogP contribution in [0.2, 0.25) is 0 Å². The summed E-state index contributed by atoms with van der Waals surface area (Å²) in [5.41, 5.74) is 2.08. The quantitative estimate of drug-likeness (QED) is 0.757. The van der Waals surface area contributed by atoms with Crippen LogP contribution < -0.4 is 4.90 Å². The number of nitrogens with zero attached hydrogens (tertiary/aromatic N) is 1. The number of anilines is 1. The second kappa shape index (κ2) is 5.05. The molecule has 0 spiro atoms. The Kier molecular flexibility index (Phi) is 4.01. The van der Waals surface area contributed by atoms with Gasteiger partial charge in [-0.3, -0.25) is 4.79 Å². The highest BCUT2D eigenvalue weighted by Gasteiger charge is 2.10. The third-order valence-electron chi connectivity index (χ3n) is 2.18. The highest BCUT2D eigenvalue weighted by molar-refractivity contribution is 7.80. The lowest BCUT2D eigenvalue weighted by atomic mass is 10.2. The minimum absolute atomic E-state index is 0.106. The van der Waals surface area contributed by atoms with E-state index in [4.69, 9.17) is 0 Å². The largest absolute Gasteiger partial charge is 0.315 e. The monoisotopic (exact) mass is 209 g/mol. The van der Waals surface area contributed by atoms with Crippen molar-refractivity contribution >= 4 is 24.2 Å². The lowest BCUT2D eigenvalue weighted by Gasteiger charge is -2.18. The predicted molar refractivity (Wildman–Crippen MR) is 63.1 cm³/mol. The van der Waals surface area contributed by atoms with Crippen molar-refractivity contribution in [2.75, 3.05) is 17.7 Å². The van der Waals surface area contributed by atoms with Crippen LogP contribution in [-0.4, -0.2) is 18.7 Å². The number of hydrogen-bond donors (Lipinski definition) is 1. The van der Waals surface area contributed by atoms with Crippen molar-refractivity contribution in [3.05, 3.63) is 29.8 Å². The van der Waals surface area contributed by atoms with Crippen LogP contribution in [0.3, 0.4) is 0 Å². The maximum absolute atomic E-state index is 11.6. The molecule has 0 saturated heterocycles. The van der Waals surface area contributed by atoms with Crippen molar-refractivity contribution in [2.24, 2.45) is 0 Å². The third kappa shape index (κ3) is 2.51. The van der Waals surface area contributed by atoms with Crippen molar-refractivity contribution in [2.45, 2.75) is 13.3 Å². The fourth-order valence-corrected chi connectivity index (χ4v) is 1.53. The van der Waals surface area contributed by atoms with Gasteiger partial charge in [0, 0.05) is 19.2 Å². The zero-order chi connectivity index (χ0) is 10.6. The number of amides is 1. The summed E-state index contributed by atoms with van der Waals surface area (Å²) >= 11 is 4.05. The maximum Gasteiger partial charge on any atom is 0.227 e. The Hall–Kier alpha value is -0.960. The fraction of sp³-hybridized carbons (Fsp3) is 0.364. The lowest BCUT2D eigenvalue weighted by Crippen LogP contribution is -2.26. The van der Waals surface area contributed by atoms with Crippen LogP contribution >= 0.6 is 12.6 Å². The highest BCUT2D eigenvalue weighted by Crippen LogP contribution is 2.18. The van der Waals surface area contributed by atoms with Gasteiger partial charge in [0.15, 0.2) is 0 Å². The van der Waals surface area contributed by atoms with Gasteiger partial charge in [0.05, 0.1) is 0 Å². The van der Waals surface area contributed by atoms with E-state index in [1.54, 1.807) is 11.9 Å². The zero-order valence-electron chi connectivity index (χ0n) is 8.53. The molecule has 0 fully saturated rings. The van der Waals surface area contributed by atoms with Crippen LogP contribution in [0.25, 0.3) is 0 Å². The molecule has 0 radical (unpaired) electrons. The Bertz CT molecular complexity index is 325. The van der Waals surface area contributed by atoms with E-state index in [2.05, 4.69) is 12.6 Å². The van der Waals surface area contributed by atoms with E-state index >= 15 is 0 Å². The molecule has 0 bridgehead atoms. The molecule has 3 heteroatoms. The Balaban J connectivity index is 2.84. The molecular formula is C11H15NOS. The van der Waals surface area contributed by atoms with Crippen molar-refractivity contribution in [1.29, 1.82) is 0 Å². The van der Waals surface area contributed by atoms with Crippen LogP contribution in [0.15, 0.2) is 24.3 Å². The molecule has 0 saturated carbocycles. The summed E-state index contributed by atoms with van der Waals surface area (Å²) in [6.07, 6.45) is 0.480. The van der Waals surface area contributed by atoms with E-state index in [9.17, 15) is 4.79 Å². The first-order valence-corrected chi connectivity index (χ1v) is 5.23. The summed E-state index contributed by atoms with van der Waals surface area (Å²) in [6, 6.07) is 7.86. The number of para-hydroxylation sites is 1. The van der Waals surface area contributed by atoms with Gasteiger partial charge in [0.25, 0.3) is 0 Å². The third-order valence-corrected chi connectivity index (χ3v) is 2.40. The Morgan fingerprint density at radius 1 is 1.43 bits per heavy atom. The molecule has 0 N–H and O–H groups in total. The second-order valence-electron chi connectivity index (χ2n) is 3.21. The van der Waals surface area contributed by atoms with Gasteiger partial charge in [-0.15, -0.1) is 0 Å². The van der Waals surface area contributed by atoms with Crippen molar-refractivity contribution in [3.63, 3.8) is 0 Å². The molecule has 76 valence electrons. The molecule has 0 aliphatic rings. The molecule has 1 rings (SSSR count). The normalized spacial score (nSPS) is 9.93. The van der Waals surface area contributed by atoms with Gasteiger partial charge in [0.1, 0.15) is 0 Å². The first-order chi connectivity index (χ1) is 6.66. The zero-order valence-corrected chi connectivity index (χ0v) is 9.42. The van der Waals surface area contributed by atoms with E-state index < -0.39 is 0 Å². The minimum atomic E-state index is 0.106. The number of carbonyl (C=O) groups excluding carboxylic acids is 1. The highest BCUT2D eigenvalue weighted by atomic mass is 32.1. The van der Waals surface area contributed by atoms with Crippen LogP contribution in [0.1, 0.15) is 12.0 Å². The number of benzene rings is 1. The van der Waals surface area contributed by atoms with Crippen LogP contribution in [0, 0.1) is 6.92 Å². The van der Waals surface area contributed by atoms with Crippen LogP contribution in [0.4, 0.5) is 5.69 Å². The van der Waals surface area contributed by atoms with Gasteiger partial charge in [-0.2, -0.15) is 12.6 Å². The lowest BCUT2D eigenvalue weighted by molar-refractivity contribution is -0.117. The first kappa shape index (κ1) is 11.1. The summed E-state index contributed by atoms with van der Waals surface area (Å²) in [5.74, 6) is 0.698. The van der Waals surface area contributed by atoms with Crippen LogP contribution in [-0.2, 0) is 4.79 Å². The number of rotatable bonds is 3. The predicted octanol–water partition coefficient (Wildman–Crippen LogP) is 2.28. The first-order valence-electron chi connectivity index (χ1n) is 4.60. The number of hydrogen-bond acceptors (Lipinski definition) is 2. The standard InChI is InChI=1S/C11H15NOS/c1-9-5-3-4-6-10(9)12(2)11(13)7-8-14/h3-6,14H,7-8H2,1-2H3. The molecule has 0 aliphatic heterocycles. The van der Waals surface area contributed by atoms with Gasteiger partial charge in [0.2, 0.25) is 5.91 Å². The van der Waals surface area contributed by atoms with Crippen molar-refractivity contribution < 1.29 is 4.79 Å². The van der Waals surface area contributed by atoms with E-state index in [0.717, 1.165) is 11.3 Å². The Morgan fingerprint density at radius 3 is 2.64 bits per heavy atom. The summed E-state index contributed by atoms with van der Waals surface area (Å²) in [7, 11) is 1.80. The summed E-state index contributed by atoms with van der Waals surface area (Å²) in [4.78, 5) is 13.3. The summed E-state index contributed by atoms with van der Waals surface area (Å²) in [6.45, 7) is 2.00. The van der Waals surface area contributed by atoms with E-state index in [0.29, 0.717) is 12.2 Å². The topological polar surface area (TPSA) is 20.3 Å². The second-order valence-corrected chi connectivity index (χ2v) is 3.66. The van der Waals surface area contributed by atoms with Gasteiger partial charge >= 0.3 is 0 Å². The number of carbonyl (C=O) groups is 1. The molecule has 0 aromatic heterocycles. The Labute approximate surface area is 90.3 Å². The average molecular weight is 209 g/mol. The van der Waals surface area contributed by atoms with Crippen molar-refractivity contribution in [3.8, 4) is 0 Å². The minimum Gasteiger partial charge on any atom is -0.315 e. The Morgan fingerprint density at radius 2 is 2.07 bits per heavy atom. The van der Waals surface area contributed by atoms with E-state index in [-0.39, 0.29) is 5.91 Å². The van der Waals surface area contributed by atoms with Gasteiger partial charge in [-0.1, -0.05) is 18.2 Å². The molecule has 1 aromatic rings. The molecule has 0 aliphatic carbocycles. The van der Waals surface area contributed by atoms with E-state index in [1.165, 1.54) is 0 Å². The molecule has 0 unspecified atom stereocenters. The number of aryl methyl sites for hydroxylation is 1. The molecule has 1 aromatic carbocycles. The van der Waals surface area contributed by atoms with E-state index in [1.807, 2.05) is 31.2 Å². The number of thiol groups is 1. The smallest absolute Gasteiger partial charge is 0.227 e. The van der Waals surface area contributed by atoms with Crippen LogP contribution in [0.5, 0.6) is 0 Å². The van der Waals surface area contributed by atoms with Crippen molar-refractivity contribution in [1.82, 2.24) is 0 Å². The summed E-state index contributed by atoms with van der Waals surface area (Å²) < 4.78 is 0. The summed E-state index contributed by atoms with van der Waals surface area (Å²) in [5, 5.41) is 0. The molecule has 1 amide bonds.